The molecule has 0 aliphatic carbocycles. The van der Waals surface area contributed by atoms with Gasteiger partial charge in [-0.15, -0.1) is 0 Å². The first-order chi connectivity index (χ1) is 15.6. The molecule has 2 amide bonds. The molecule has 0 bridgehead atoms. The molecule has 0 heterocycles. The van der Waals surface area contributed by atoms with E-state index in [1.54, 1.807) is 25.1 Å². The van der Waals surface area contributed by atoms with Crippen LogP contribution in [0.25, 0.3) is 0 Å². The minimum atomic E-state index is -4.45. The molecule has 0 spiro atoms. The second kappa shape index (κ2) is 10.2. The van der Waals surface area contributed by atoms with Crippen molar-refractivity contribution in [1.82, 2.24) is 5.32 Å². The molecule has 33 heavy (non-hydrogen) atoms. The van der Waals surface area contributed by atoms with E-state index in [0.717, 1.165) is 0 Å². The number of hydrogen-bond acceptors (Lipinski definition) is 3. The van der Waals surface area contributed by atoms with E-state index < -0.39 is 30.4 Å². The topological polar surface area (TPSA) is 67.4 Å². The van der Waals surface area contributed by atoms with Crippen molar-refractivity contribution >= 4 is 17.5 Å². The van der Waals surface area contributed by atoms with Gasteiger partial charge in [0, 0.05) is 17.8 Å². The molecule has 3 rings (SSSR count). The molecule has 0 radical (unpaired) electrons. The lowest BCUT2D eigenvalue weighted by Crippen LogP contribution is -2.23. The smallest absolute Gasteiger partial charge is 0.422 e. The first-order valence-electron chi connectivity index (χ1n) is 9.85. The minimum Gasteiger partial charge on any atom is -0.484 e. The Balaban J connectivity index is 1.65. The van der Waals surface area contributed by atoms with Crippen LogP contribution in [0.15, 0.2) is 66.7 Å². The van der Waals surface area contributed by atoms with Crippen LogP contribution >= 0.6 is 0 Å². The second-order valence-corrected chi connectivity index (χ2v) is 7.20. The molecule has 0 aliphatic heterocycles. The van der Waals surface area contributed by atoms with E-state index in [4.69, 9.17) is 4.74 Å². The number of carbonyl (C=O) groups is 2. The molecule has 0 saturated heterocycles. The van der Waals surface area contributed by atoms with Gasteiger partial charge < -0.3 is 15.4 Å². The third-order valence-electron chi connectivity index (χ3n) is 4.62. The lowest BCUT2D eigenvalue weighted by Gasteiger charge is -2.12. The van der Waals surface area contributed by atoms with Gasteiger partial charge in [-0.2, -0.15) is 13.2 Å². The largest absolute Gasteiger partial charge is 0.484 e. The molecular formula is C24H20F4N2O3. The average molecular weight is 460 g/mol. The number of hydrogen-bond donors (Lipinski definition) is 2. The van der Waals surface area contributed by atoms with E-state index in [9.17, 15) is 27.2 Å². The predicted octanol–water partition coefficient (Wildman–Crippen LogP) is 5.26. The number of alkyl halides is 3. The Hall–Kier alpha value is -3.88. The fraction of sp³-hybridized carbons (Fsp3) is 0.167. The lowest BCUT2D eigenvalue weighted by atomic mass is 10.1. The van der Waals surface area contributed by atoms with Crippen molar-refractivity contribution < 1.29 is 31.9 Å². The minimum absolute atomic E-state index is 0.0348. The maximum atomic E-state index is 13.9. The Morgan fingerprint density at radius 1 is 0.939 bits per heavy atom. The van der Waals surface area contributed by atoms with E-state index in [0.29, 0.717) is 16.8 Å². The van der Waals surface area contributed by atoms with Crippen LogP contribution in [0.4, 0.5) is 23.2 Å². The van der Waals surface area contributed by atoms with Crippen LogP contribution in [0.2, 0.25) is 0 Å². The number of anilines is 1. The van der Waals surface area contributed by atoms with Crippen molar-refractivity contribution in [2.75, 3.05) is 11.9 Å². The Kier molecular flexibility index (Phi) is 7.32. The number of halogens is 4. The van der Waals surface area contributed by atoms with Crippen LogP contribution in [-0.2, 0) is 6.54 Å². The molecule has 0 atom stereocenters. The van der Waals surface area contributed by atoms with E-state index in [1.807, 2.05) is 0 Å². The van der Waals surface area contributed by atoms with Gasteiger partial charge in [0.15, 0.2) is 6.61 Å². The van der Waals surface area contributed by atoms with E-state index >= 15 is 0 Å². The lowest BCUT2D eigenvalue weighted by molar-refractivity contribution is -0.153. The zero-order chi connectivity index (χ0) is 24.0. The number of ether oxygens (including phenoxy) is 1. The van der Waals surface area contributed by atoms with Gasteiger partial charge in [-0.1, -0.05) is 30.3 Å². The molecule has 0 aromatic heterocycles. The van der Waals surface area contributed by atoms with Crippen molar-refractivity contribution in [2.45, 2.75) is 19.6 Å². The Morgan fingerprint density at radius 2 is 1.70 bits per heavy atom. The maximum Gasteiger partial charge on any atom is 0.422 e. The fourth-order valence-corrected chi connectivity index (χ4v) is 2.93. The van der Waals surface area contributed by atoms with E-state index in [1.165, 1.54) is 48.5 Å². The highest BCUT2D eigenvalue weighted by Crippen LogP contribution is 2.21. The summed E-state index contributed by atoms with van der Waals surface area (Å²) in [5.74, 6) is -1.74. The Morgan fingerprint density at radius 3 is 2.42 bits per heavy atom. The van der Waals surface area contributed by atoms with Crippen molar-refractivity contribution in [3.05, 3.63) is 94.8 Å². The molecule has 3 aromatic carbocycles. The number of rotatable bonds is 7. The summed E-state index contributed by atoms with van der Waals surface area (Å²) in [7, 11) is 0. The molecule has 0 saturated carbocycles. The van der Waals surface area contributed by atoms with E-state index in [2.05, 4.69) is 10.6 Å². The van der Waals surface area contributed by atoms with Crippen LogP contribution in [-0.4, -0.2) is 24.6 Å². The van der Waals surface area contributed by atoms with Gasteiger partial charge in [0.2, 0.25) is 0 Å². The standard InChI is InChI=1S/C24H20F4N2O3/c1-15-9-10-17(12-21(15)30-23(32)19-7-2-3-8-20(19)25)22(31)29-13-16-5-4-6-18(11-16)33-14-24(26,27)28/h2-12H,13-14H2,1H3,(H,29,31)(H,30,32). The first kappa shape index (κ1) is 23.8. The highest BCUT2D eigenvalue weighted by atomic mass is 19.4. The summed E-state index contributed by atoms with van der Waals surface area (Å²) in [5, 5.41) is 5.27. The van der Waals surface area contributed by atoms with Crippen molar-refractivity contribution in [3.8, 4) is 5.75 Å². The summed E-state index contributed by atoms with van der Waals surface area (Å²) in [4.78, 5) is 25.0. The first-order valence-corrected chi connectivity index (χ1v) is 9.85. The summed E-state index contributed by atoms with van der Waals surface area (Å²) in [6, 6.07) is 16.2. The molecular weight excluding hydrogens is 440 g/mol. The number of amides is 2. The summed E-state index contributed by atoms with van der Waals surface area (Å²) in [6.45, 7) is 0.367. The van der Waals surface area contributed by atoms with Crippen LogP contribution in [0.3, 0.4) is 0 Å². The maximum absolute atomic E-state index is 13.9. The van der Waals surface area contributed by atoms with Crippen LogP contribution in [0, 0.1) is 12.7 Å². The van der Waals surface area contributed by atoms with Crippen LogP contribution in [0.1, 0.15) is 31.8 Å². The fourth-order valence-electron chi connectivity index (χ4n) is 2.93. The van der Waals surface area contributed by atoms with Gasteiger partial charge in [0.1, 0.15) is 11.6 Å². The van der Waals surface area contributed by atoms with Crippen LogP contribution < -0.4 is 15.4 Å². The van der Waals surface area contributed by atoms with Crippen molar-refractivity contribution in [3.63, 3.8) is 0 Å². The molecule has 2 N–H and O–H groups in total. The predicted molar refractivity (Wildman–Crippen MR) is 115 cm³/mol. The zero-order valence-electron chi connectivity index (χ0n) is 17.5. The molecule has 3 aromatic rings. The van der Waals surface area contributed by atoms with Crippen molar-refractivity contribution in [1.29, 1.82) is 0 Å². The Labute approximate surface area is 187 Å². The Bertz CT molecular complexity index is 1160. The van der Waals surface area contributed by atoms with Gasteiger partial charge >= 0.3 is 6.18 Å². The molecule has 0 aliphatic rings. The van der Waals surface area contributed by atoms with Gasteiger partial charge in [0.25, 0.3) is 11.8 Å². The average Bonchev–Trinajstić information content (AvgIpc) is 2.77. The van der Waals surface area contributed by atoms with Crippen molar-refractivity contribution in [2.24, 2.45) is 0 Å². The summed E-state index contributed by atoms with van der Waals surface area (Å²) in [5.41, 5.74) is 1.68. The monoisotopic (exact) mass is 460 g/mol. The number of nitrogens with one attached hydrogen (secondary N) is 2. The second-order valence-electron chi connectivity index (χ2n) is 7.20. The SMILES string of the molecule is Cc1ccc(C(=O)NCc2cccc(OCC(F)(F)F)c2)cc1NC(=O)c1ccccc1F. The zero-order valence-corrected chi connectivity index (χ0v) is 17.5. The van der Waals surface area contributed by atoms with Gasteiger partial charge in [0.05, 0.1) is 5.56 Å². The van der Waals surface area contributed by atoms with Gasteiger partial charge in [-0.25, -0.2) is 4.39 Å². The highest BCUT2D eigenvalue weighted by Gasteiger charge is 2.28. The molecule has 172 valence electrons. The number of aryl methyl sites for hydroxylation is 1. The van der Waals surface area contributed by atoms with Gasteiger partial charge in [-0.3, -0.25) is 9.59 Å². The van der Waals surface area contributed by atoms with E-state index in [-0.39, 0.29) is 23.4 Å². The third-order valence-corrected chi connectivity index (χ3v) is 4.62. The highest BCUT2D eigenvalue weighted by molar-refractivity contribution is 6.05. The van der Waals surface area contributed by atoms with Crippen LogP contribution in [0.5, 0.6) is 5.75 Å². The quantitative estimate of drug-likeness (QED) is 0.473. The molecule has 9 heteroatoms. The molecule has 0 fully saturated rings. The molecule has 0 unspecified atom stereocenters. The number of carbonyl (C=O) groups excluding carboxylic acids is 2. The molecule has 5 nitrogen and oxygen atoms in total. The normalized spacial score (nSPS) is 11.1. The van der Waals surface area contributed by atoms with Gasteiger partial charge in [-0.05, 0) is 54.4 Å². The summed E-state index contributed by atoms with van der Waals surface area (Å²) in [6.07, 6.45) is -4.45. The summed E-state index contributed by atoms with van der Waals surface area (Å²) < 4.78 is 55.5. The third kappa shape index (κ3) is 6.80. The number of benzene rings is 3. The summed E-state index contributed by atoms with van der Waals surface area (Å²) >= 11 is 0.